The Balaban J connectivity index is 2.38. The molecule has 1 amide bonds. The topological polar surface area (TPSA) is 82.5 Å². The number of carboxylic acids is 1. The zero-order valence-corrected chi connectivity index (χ0v) is 10.3. The van der Waals surface area contributed by atoms with E-state index in [0.29, 0.717) is 13.1 Å². The molecule has 1 aliphatic rings. The maximum absolute atomic E-state index is 11.5. The van der Waals surface area contributed by atoms with Gasteiger partial charge >= 0.3 is 5.97 Å². The van der Waals surface area contributed by atoms with Gasteiger partial charge in [0.15, 0.2) is 0 Å². The molecule has 1 saturated heterocycles. The predicted octanol–water partition coefficient (Wildman–Crippen LogP) is 0.759. The summed E-state index contributed by atoms with van der Waals surface area (Å²) in [4.78, 5) is 28.3. The summed E-state index contributed by atoms with van der Waals surface area (Å²) in [5.74, 6) is -0.989. The highest BCUT2D eigenvalue weighted by Gasteiger charge is 2.22. The highest BCUT2D eigenvalue weighted by molar-refractivity contribution is 6.29. The van der Waals surface area contributed by atoms with Crippen molar-refractivity contribution in [1.29, 1.82) is 0 Å². The summed E-state index contributed by atoms with van der Waals surface area (Å²) in [5.41, 5.74) is 0.0501. The van der Waals surface area contributed by atoms with Crippen molar-refractivity contribution in [2.24, 2.45) is 0 Å². The van der Waals surface area contributed by atoms with Gasteiger partial charge in [0.1, 0.15) is 16.5 Å². The van der Waals surface area contributed by atoms with Gasteiger partial charge in [-0.1, -0.05) is 11.6 Å². The van der Waals surface area contributed by atoms with E-state index in [1.54, 1.807) is 4.90 Å². The number of carboxylic acid groups (broad SMARTS) is 1. The molecule has 0 spiro atoms. The van der Waals surface area contributed by atoms with Crippen LogP contribution in [0.1, 0.15) is 16.8 Å². The van der Waals surface area contributed by atoms with E-state index in [9.17, 15) is 9.59 Å². The molecule has 2 rings (SSSR count). The van der Waals surface area contributed by atoms with Crippen molar-refractivity contribution < 1.29 is 14.7 Å². The Morgan fingerprint density at radius 1 is 1.50 bits per heavy atom. The average Bonchev–Trinajstić information content (AvgIpc) is 2.53. The van der Waals surface area contributed by atoms with E-state index in [2.05, 4.69) is 10.3 Å². The number of aromatic carboxylic acids is 1. The summed E-state index contributed by atoms with van der Waals surface area (Å²) < 4.78 is 0. The number of hydrogen-bond donors (Lipinski definition) is 2. The fourth-order valence-electron chi connectivity index (χ4n) is 1.82. The van der Waals surface area contributed by atoms with Gasteiger partial charge in [0.2, 0.25) is 5.91 Å². The lowest BCUT2D eigenvalue weighted by atomic mass is 10.2. The minimum atomic E-state index is -1.08. The number of nitrogens with zero attached hydrogens (tertiary/aromatic N) is 2. The van der Waals surface area contributed by atoms with Crippen LogP contribution in [-0.2, 0) is 4.79 Å². The molecule has 0 saturated carbocycles. The Bertz CT molecular complexity index is 492. The lowest BCUT2D eigenvalue weighted by Crippen LogP contribution is -2.34. The van der Waals surface area contributed by atoms with Gasteiger partial charge in [-0.2, -0.15) is 0 Å². The Hall–Kier alpha value is -1.82. The van der Waals surface area contributed by atoms with E-state index in [0.717, 1.165) is 6.42 Å². The van der Waals surface area contributed by atoms with Gasteiger partial charge in [0.25, 0.3) is 0 Å². The molecule has 1 fully saturated rings. The Morgan fingerprint density at radius 3 is 3.00 bits per heavy atom. The number of pyridine rings is 1. The molecule has 2 N–H and O–H groups in total. The van der Waals surface area contributed by atoms with Gasteiger partial charge in [-0.05, 0) is 18.6 Å². The zero-order valence-electron chi connectivity index (χ0n) is 9.52. The van der Waals surface area contributed by atoms with Gasteiger partial charge < -0.3 is 15.3 Å². The van der Waals surface area contributed by atoms with Crippen LogP contribution in [0.15, 0.2) is 12.1 Å². The van der Waals surface area contributed by atoms with Crippen molar-refractivity contribution in [1.82, 2.24) is 10.3 Å². The van der Waals surface area contributed by atoms with Crippen molar-refractivity contribution in [3.8, 4) is 0 Å². The van der Waals surface area contributed by atoms with Crippen LogP contribution < -0.4 is 10.2 Å². The molecule has 0 radical (unpaired) electrons. The smallest absolute Gasteiger partial charge is 0.339 e. The monoisotopic (exact) mass is 269 g/mol. The van der Waals surface area contributed by atoms with Crippen molar-refractivity contribution in [2.75, 3.05) is 24.5 Å². The molecular weight excluding hydrogens is 258 g/mol. The largest absolute Gasteiger partial charge is 0.478 e. The molecule has 0 aliphatic carbocycles. The zero-order chi connectivity index (χ0) is 13.1. The molecule has 96 valence electrons. The van der Waals surface area contributed by atoms with Crippen LogP contribution in [0, 0.1) is 0 Å². The maximum Gasteiger partial charge on any atom is 0.339 e. The normalized spacial score (nSPS) is 16.1. The van der Waals surface area contributed by atoms with Gasteiger partial charge in [0, 0.05) is 13.1 Å². The number of carbonyl (C=O) groups is 2. The lowest BCUT2D eigenvalue weighted by Gasteiger charge is -2.21. The fraction of sp³-hybridized carbons (Fsp3) is 0.364. The van der Waals surface area contributed by atoms with Crippen LogP contribution in [0.4, 0.5) is 5.82 Å². The summed E-state index contributed by atoms with van der Waals surface area (Å²) in [6.45, 7) is 1.23. The number of carbonyl (C=O) groups excluding carboxylic acids is 1. The van der Waals surface area contributed by atoms with E-state index in [4.69, 9.17) is 16.7 Å². The maximum atomic E-state index is 11.5. The van der Waals surface area contributed by atoms with Gasteiger partial charge in [-0.15, -0.1) is 0 Å². The second kappa shape index (κ2) is 5.22. The van der Waals surface area contributed by atoms with Gasteiger partial charge in [0.05, 0.1) is 6.54 Å². The first-order chi connectivity index (χ1) is 8.58. The Labute approximate surface area is 109 Å². The third-order valence-electron chi connectivity index (χ3n) is 2.63. The van der Waals surface area contributed by atoms with Crippen LogP contribution in [0.2, 0.25) is 5.15 Å². The lowest BCUT2D eigenvalue weighted by molar-refractivity contribution is -0.119. The van der Waals surface area contributed by atoms with Crippen LogP contribution >= 0.6 is 11.6 Å². The minimum absolute atomic E-state index is 0.0501. The SMILES string of the molecule is O=C1CN(c2nc(Cl)ccc2C(=O)O)CCCN1. The molecule has 18 heavy (non-hydrogen) atoms. The second-order valence-corrected chi connectivity index (χ2v) is 4.32. The molecule has 1 aromatic rings. The number of rotatable bonds is 2. The van der Waals surface area contributed by atoms with E-state index in [-0.39, 0.29) is 29.0 Å². The molecule has 0 atom stereocenters. The average molecular weight is 270 g/mol. The number of anilines is 1. The summed E-state index contributed by atoms with van der Waals surface area (Å²) in [5, 5.41) is 12.0. The Kier molecular flexibility index (Phi) is 3.66. The molecular formula is C11H12ClN3O3. The fourth-order valence-corrected chi connectivity index (χ4v) is 1.96. The van der Waals surface area contributed by atoms with Crippen molar-refractivity contribution >= 4 is 29.3 Å². The van der Waals surface area contributed by atoms with Crippen LogP contribution in [0.25, 0.3) is 0 Å². The summed E-state index contributed by atoms with van der Waals surface area (Å²) in [6, 6.07) is 2.82. The quantitative estimate of drug-likeness (QED) is 0.775. The molecule has 7 heteroatoms. The number of hydrogen-bond acceptors (Lipinski definition) is 4. The van der Waals surface area contributed by atoms with Gasteiger partial charge in [-0.3, -0.25) is 4.79 Å². The molecule has 2 heterocycles. The number of amides is 1. The first-order valence-electron chi connectivity index (χ1n) is 5.49. The van der Waals surface area contributed by atoms with E-state index < -0.39 is 5.97 Å². The minimum Gasteiger partial charge on any atom is -0.478 e. The summed E-state index contributed by atoms with van der Waals surface area (Å²) >= 11 is 5.79. The molecule has 6 nitrogen and oxygen atoms in total. The van der Waals surface area contributed by atoms with Crippen LogP contribution in [0.5, 0.6) is 0 Å². The second-order valence-electron chi connectivity index (χ2n) is 3.94. The molecule has 1 aromatic heterocycles. The first kappa shape index (κ1) is 12.6. The van der Waals surface area contributed by atoms with E-state index >= 15 is 0 Å². The molecule has 0 unspecified atom stereocenters. The summed E-state index contributed by atoms with van der Waals surface area (Å²) in [7, 11) is 0. The van der Waals surface area contributed by atoms with Crippen LogP contribution in [-0.4, -0.2) is 41.6 Å². The number of aromatic nitrogens is 1. The molecule has 1 aliphatic heterocycles. The molecule has 0 bridgehead atoms. The number of halogens is 1. The van der Waals surface area contributed by atoms with E-state index in [1.807, 2.05) is 0 Å². The standard InChI is InChI=1S/C11H12ClN3O3/c12-8-3-2-7(11(17)18)10(14-8)15-5-1-4-13-9(16)6-15/h2-3H,1,4-6H2,(H,13,16)(H,17,18). The Morgan fingerprint density at radius 2 is 2.28 bits per heavy atom. The highest BCUT2D eigenvalue weighted by Crippen LogP contribution is 2.21. The van der Waals surface area contributed by atoms with Crippen molar-refractivity contribution in [3.63, 3.8) is 0 Å². The summed E-state index contributed by atoms with van der Waals surface area (Å²) in [6.07, 6.45) is 0.735. The first-order valence-corrected chi connectivity index (χ1v) is 5.87. The third-order valence-corrected chi connectivity index (χ3v) is 2.84. The van der Waals surface area contributed by atoms with Crippen molar-refractivity contribution in [2.45, 2.75) is 6.42 Å². The van der Waals surface area contributed by atoms with Gasteiger partial charge in [-0.25, -0.2) is 9.78 Å². The number of nitrogens with one attached hydrogen (secondary N) is 1. The van der Waals surface area contributed by atoms with Crippen molar-refractivity contribution in [3.05, 3.63) is 22.8 Å². The molecule has 0 aromatic carbocycles. The van der Waals surface area contributed by atoms with E-state index in [1.165, 1.54) is 12.1 Å². The predicted molar refractivity (Wildman–Crippen MR) is 66.0 cm³/mol. The van der Waals surface area contributed by atoms with Crippen LogP contribution in [0.3, 0.4) is 0 Å². The third kappa shape index (κ3) is 2.70. The highest BCUT2D eigenvalue weighted by atomic mass is 35.5.